The molecule has 1 saturated heterocycles. The van der Waals surface area contributed by atoms with Crippen LogP contribution in [0.1, 0.15) is 16.8 Å². The average Bonchev–Trinajstić information content (AvgIpc) is 2.95. The molecule has 0 saturated carbocycles. The normalized spacial score (nSPS) is 18.1. The SMILES string of the molecule is NC(=O)C1CCN(c2ncc(C(=O)O)c3ccccc23)C1. The van der Waals surface area contributed by atoms with Crippen LogP contribution in [0.15, 0.2) is 30.5 Å². The molecule has 6 heteroatoms. The summed E-state index contributed by atoms with van der Waals surface area (Å²) >= 11 is 0. The van der Waals surface area contributed by atoms with Crippen LogP contribution in [0.4, 0.5) is 5.82 Å². The number of amides is 1. The Morgan fingerprint density at radius 3 is 2.62 bits per heavy atom. The van der Waals surface area contributed by atoms with Crippen molar-refractivity contribution in [2.75, 3.05) is 18.0 Å². The number of carboxylic acid groups (broad SMARTS) is 1. The Labute approximate surface area is 121 Å². The Morgan fingerprint density at radius 2 is 2.00 bits per heavy atom. The van der Waals surface area contributed by atoms with Gasteiger partial charge in [0.05, 0.1) is 11.5 Å². The monoisotopic (exact) mass is 285 g/mol. The van der Waals surface area contributed by atoms with E-state index in [4.69, 9.17) is 5.73 Å². The predicted molar refractivity (Wildman–Crippen MR) is 78.2 cm³/mol. The molecule has 1 aliphatic rings. The van der Waals surface area contributed by atoms with Gasteiger partial charge in [-0.25, -0.2) is 9.78 Å². The number of primary amides is 1. The number of benzene rings is 1. The van der Waals surface area contributed by atoms with Gasteiger partial charge >= 0.3 is 5.97 Å². The molecule has 2 aromatic rings. The molecule has 1 aliphatic heterocycles. The average molecular weight is 285 g/mol. The molecule has 6 nitrogen and oxygen atoms in total. The third-order valence-corrected chi connectivity index (χ3v) is 3.89. The number of rotatable bonds is 3. The fourth-order valence-corrected chi connectivity index (χ4v) is 2.79. The molecule has 1 fully saturated rings. The van der Waals surface area contributed by atoms with E-state index in [2.05, 4.69) is 4.98 Å². The van der Waals surface area contributed by atoms with Crippen LogP contribution in [0.3, 0.4) is 0 Å². The van der Waals surface area contributed by atoms with E-state index in [1.165, 1.54) is 6.20 Å². The van der Waals surface area contributed by atoms with Gasteiger partial charge in [0.15, 0.2) is 0 Å². The van der Waals surface area contributed by atoms with Crippen molar-refractivity contribution in [3.63, 3.8) is 0 Å². The minimum absolute atomic E-state index is 0.176. The third kappa shape index (κ3) is 2.29. The van der Waals surface area contributed by atoms with Crippen molar-refractivity contribution in [2.24, 2.45) is 11.7 Å². The highest BCUT2D eigenvalue weighted by Gasteiger charge is 2.28. The predicted octanol–water partition coefficient (Wildman–Crippen LogP) is 1.24. The molecule has 108 valence electrons. The zero-order valence-corrected chi connectivity index (χ0v) is 11.3. The van der Waals surface area contributed by atoms with Crippen LogP contribution < -0.4 is 10.6 Å². The number of carbonyl (C=O) groups is 2. The van der Waals surface area contributed by atoms with Gasteiger partial charge in [0, 0.05) is 30.1 Å². The molecule has 0 aliphatic carbocycles. The Hall–Kier alpha value is -2.63. The number of nitrogens with zero attached hydrogens (tertiary/aromatic N) is 2. The minimum Gasteiger partial charge on any atom is -0.478 e. The summed E-state index contributed by atoms with van der Waals surface area (Å²) in [6.07, 6.45) is 2.07. The van der Waals surface area contributed by atoms with Crippen molar-refractivity contribution in [1.82, 2.24) is 4.98 Å². The Kier molecular flexibility index (Phi) is 3.21. The fraction of sp³-hybridized carbons (Fsp3) is 0.267. The maximum atomic E-state index is 11.3. The maximum absolute atomic E-state index is 11.3. The van der Waals surface area contributed by atoms with Gasteiger partial charge in [-0.15, -0.1) is 0 Å². The number of nitrogens with two attached hydrogens (primary N) is 1. The Morgan fingerprint density at radius 1 is 1.29 bits per heavy atom. The summed E-state index contributed by atoms with van der Waals surface area (Å²) in [5.74, 6) is -0.769. The quantitative estimate of drug-likeness (QED) is 0.884. The van der Waals surface area contributed by atoms with Crippen LogP contribution in [0, 0.1) is 5.92 Å². The third-order valence-electron chi connectivity index (χ3n) is 3.89. The molecule has 1 aromatic heterocycles. The zero-order valence-electron chi connectivity index (χ0n) is 11.3. The first-order valence-electron chi connectivity index (χ1n) is 6.73. The van der Waals surface area contributed by atoms with E-state index in [1.54, 1.807) is 12.1 Å². The van der Waals surface area contributed by atoms with Crippen molar-refractivity contribution in [3.05, 3.63) is 36.0 Å². The standard InChI is InChI=1S/C15H15N3O3/c16-13(19)9-5-6-18(8-9)14-11-4-2-1-3-10(11)12(7-17-14)15(20)21/h1-4,7,9H,5-6,8H2,(H2,16,19)(H,20,21). The van der Waals surface area contributed by atoms with E-state index in [0.29, 0.717) is 30.7 Å². The Balaban J connectivity index is 2.07. The smallest absolute Gasteiger partial charge is 0.337 e. The number of anilines is 1. The number of aromatic carboxylic acids is 1. The Bertz CT molecular complexity index is 729. The number of carbonyl (C=O) groups excluding carboxylic acids is 1. The van der Waals surface area contributed by atoms with Gasteiger partial charge < -0.3 is 15.7 Å². The molecule has 3 N–H and O–H groups in total. The van der Waals surface area contributed by atoms with E-state index < -0.39 is 5.97 Å². The van der Waals surface area contributed by atoms with Crippen molar-refractivity contribution >= 4 is 28.5 Å². The van der Waals surface area contributed by atoms with E-state index in [1.807, 2.05) is 17.0 Å². The highest BCUT2D eigenvalue weighted by atomic mass is 16.4. The second-order valence-electron chi connectivity index (χ2n) is 5.18. The molecule has 3 rings (SSSR count). The van der Waals surface area contributed by atoms with E-state index >= 15 is 0 Å². The molecule has 0 bridgehead atoms. The lowest BCUT2D eigenvalue weighted by molar-refractivity contribution is -0.121. The first-order valence-corrected chi connectivity index (χ1v) is 6.73. The van der Waals surface area contributed by atoms with Gasteiger partial charge in [-0.3, -0.25) is 4.79 Å². The van der Waals surface area contributed by atoms with E-state index in [0.717, 1.165) is 5.39 Å². The lowest BCUT2D eigenvalue weighted by atomic mass is 10.1. The van der Waals surface area contributed by atoms with Gasteiger partial charge in [-0.1, -0.05) is 24.3 Å². The van der Waals surface area contributed by atoms with Gasteiger partial charge in [-0.2, -0.15) is 0 Å². The van der Waals surface area contributed by atoms with Crippen molar-refractivity contribution in [2.45, 2.75) is 6.42 Å². The van der Waals surface area contributed by atoms with Crippen molar-refractivity contribution < 1.29 is 14.7 Å². The van der Waals surface area contributed by atoms with Crippen LogP contribution in [-0.4, -0.2) is 35.1 Å². The summed E-state index contributed by atoms with van der Waals surface area (Å²) in [5.41, 5.74) is 5.53. The number of aromatic nitrogens is 1. The van der Waals surface area contributed by atoms with Crippen LogP contribution in [0.5, 0.6) is 0 Å². The van der Waals surface area contributed by atoms with Crippen LogP contribution in [-0.2, 0) is 4.79 Å². The molecule has 0 radical (unpaired) electrons. The van der Waals surface area contributed by atoms with Crippen LogP contribution >= 0.6 is 0 Å². The fourth-order valence-electron chi connectivity index (χ4n) is 2.79. The van der Waals surface area contributed by atoms with Gasteiger partial charge in [-0.05, 0) is 6.42 Å². The molecule has 21 heavy (non-hydrogen) atoms. The summed E-state index contributed by atoms with van der Waals surface area (Å²) in [4.78, 5) is 28.8. The van der Waals surface area contributed by atoms with E-state index in [9.17, 15) is 14.7 Å². The number of hydrogen-bond acceptors (Lipinski definition) is 4. The highest BCUT2D eigenvalue weighted by Crippen LogP contribution is 2.30. The first-order chi connectivity index (χ1) is 10.1. The number of carboxylic acids is 1. The second-order valence-corrected chi connectivity index (χ2v) is 5.18. The summed E-state index contributed by atoms with van der Waals surface area (Å²) < 4.78 is 0. The van der Waals surface area contributed by atoms with Gasteiger partial charge in [0.2, 0.25) is 5.91 Å². The zero-order chi connectivity index (χ0) is 15.0. The highest BCUT2D eigenvalue weighted by molar-refractivity contribution is 6.06. The number of fused-ring (bicyclic) bond motifs is 1. The molecule has 1 unspecified atom stereocenters. The summed E-state index contributed by atoms with van der Waals surface area (Å²) in [6, 6.07) is 7.27. The summed E-state index contributed by atoms with van der Waals surface area (Å²) in [7, 11) is 0. The molecular formula is C15H15N3O3. The van der Waals surface area contributed by atoms with Gasteiger partial charge in [0.1, 0.15) is 5.82 Å². The molecule has 1 aromatic carbocycles. The largest absolute Gasteiger partial charge is 0.478 e. The lowest BCUT2D eigenvalue weighted by Gasteiger charge is -2.19. The topological polar surface area (TPSA) is 96.5 Å². The van der Waals surface area contributed by atoms with Crippen molar-refractivity contribution in [1.29, 1.82) is 0 Å². The maximum Gasteiger partial charge on any atom is 0.337 e. The van der Waals surface area contributed by atoms with E-state index in [-0.39, 0.29) is 17.4 Å². The summed E-state index contributed by atoms with van der Waals surface area (Å²) in [5, 5.41) is 10.7. The van der Waals surface area contributed by atoms with Gasteiger partial charge in [0.25, 0.3) is 0 Å². The van der Waals surface area contributed by atoms with Crippen LogP contribution in [0.25, 0.3) is 10.8 Å². The molecule has 1 amide bonds. The minimum atomic E-state index is -0.998. The molecular weight excluding hydrogens is 270 g/mol. The molecule has 2 heterocycles. The first kappa shape index (κ1) is 13.4. The second kappa shape index (κ2) is 5.05. The molecule has 1 atom stereocenters. The number of hydrogen-bond donors (Lipinski definition) is 2. The van der Waals surface area contributed by atoms with Crippen LogP contribution in [0.2, 0.25) is 0 Å². The van der Waals surface area contributed by atoms with Crippen molar-refractivity contribution in [3.8, 4) is 0 Å². The molecule has 0 spiro atoms. The number of pyridine rings is 1. The lowest BCUT2D eigenvalue weighted by Crippen LogP contribution is -2.27. The summed E-state index contributed by atoms with van der Waals surface area (Å²) in [6.45, 7) is 1.22.